The molecule has 0 spiro atoms. The smallest absolute Gasteiger partial charge is 0.270 e. The van der Waals surface area contributed by atoms with Gasteiger partial charge in [0.2, 0.25) is 0 Å². The SMILES string of the molecule is Cc1cc(C)c2[nH]c(C(=O)N(CCO)Cc3sccc3C)c(C)c2c1. The van der Waals surface area contributed by atoms with Crippen LogP contribution in [0.1, 0.15) is 37.6 Å². The Labute approximate surface area is 152 Å². The number of carbonyl (C=O) groups is 1. The van der Waals surface area contributed by atoms with Crippen molar-refractivity contribution in [2.75, 3.05) is 13.2 Å². The van der Waals surface area contributed by atoms with Gasteiger partial charge in [-0.1, -0.05) is 11.6 Å². The summed E-state index contributed by atoms with van der Waals surface area (Å²) in [5.41, 5.74) is 6.11. The van der Waals surface area contributed by atoms with Gasteiger partial charge in [0.15, 0.2) is 0 Å². The Morgan fingerprint density at radius 1 is 1.20 bits per heavy atom. The highest BCUT2D eigenvalue weighted by molar-refractivity contribution is 7.10. The average Bonchev–Trinajstić information content (AvgIpc) is 3.11. The van der Waals surface area contributed by atoms with Gasteiger partial charge in [0.25, 0.3) is 5.91 Å². The van der Waals surface area contributed by atoms with Crippen LogP contribution in [0.15, 0.2) is 23.6 Å². The molecule has 0 aliphatic heterocycles. The lowest BCUT2D eigenvalue weighted by Crippen LogP contribution is -2.33. The minimum Gasteiger partial charge on any atom is -0.395 e. The third-order valence-corrected chi connectivity index (χ3v) is 5.69. The Morgan fingerprint density at radius 2 is 1.96 bits per heavy atom. The topological polar surface area (TPSA) is 56.3 Å². The predicted molar refractivity (Wildman–Crippen MR) is 103 cm³/mol. The van der Waals surface area contributed by atoms with E-state index in [4.69, 9.17) is 0 Å². The maximum Gasteiger partial charge on any atom is 0.270 e. The number of fused-ring (bicyclic) bond motifs is 1. The number of thiophene rings is 1. The molecule has 0 aliphatic rings. The number of amides is 1. The number of carbonyl (C=O) groups excluding carboxylic acids is 1. The summed E-state index contributed by atoms with van der Waals surface area (Å²) in [6, 6.07) is 6.29. The molecule has 0 bridgehead atoms. The molecule has 1 amide bonds. The molecule has 0 unspecified atom stereocenters. The van der Waals surface area contributed by atoms with E-state index in [1.165, 1.54) is 11.1 Å². The molecule has 0 saturated carbocycles. The summed E-state index contributed by atoms with van der Waals surface area (Å²) >= 11 is 1.64. The largest absolute Gasteiger partial charge is 0.395 e. The van der Waals surface area contributed by atoms with E-state index in [0.717, 1.165) is 26.9 Å². The Kier molecular flexibility index (Phi) is 4.97. The number of hydrogen-bond donors (Lipinski definition) is 2. The minimum absolute atomic E-state index is 0.0480. The lowest BCUT2D eigenvalue weighted by atomic mass is 10.1. The van der Waals surface area contributed by atoms with E-state index in [1.807, 2.05) is 19.2 Å². The first-order valence-electron chi connectivity index (χ1n) is 8.45. The summed E-state index contributed by atoms with van der Waals surface area (Å²) < 4.78 is 0. The Bertz CT molecular complexity index is 923. The first-order chi connectivity index (χ1) is 11.9. The number of aromatic amines is 1. The van der Waals surface area contributed by atoms with Crippen molar-refractivity contribution in [1.29, 1.82) is 0 Å². The fraction of sp³-hybridized carbons (Fsp3) is 0.350. The lowest BCUT2D eigenvalue weighted by Gasteiger charge is -2.21. The van der Waals surface area contributed by atoms with Crippen molar-refractivity contribution in [3.63, 3.8) is 0 Å². The zero-order valence-corrected chi connectivity index (χ0v) is 16.0. The van der Waals surface area contributed by atoms with Crippen molar-refractivity contribution in [3.05, 3.63) is 56.4 Å². The van der Waals surface area contributed by atoms with Gasteiger partial charge in [-0.3, -0.25) is 4.79 Å². The molecule has 0 atom stereocenters. The zero-order chi connectivity index (χ0) is 18.1. The van der Waals surface area contributed by atoms with E-state index >= 15 is 0 Å². The standard InChI is InChI=1S/C20H24N2O2S/c1-12-9-14(3)18-16(10-12)15(4)19(21-18)20(24)22(6-7-23)11-17-13(2)5-8-25-17/h5,8-10,21,23H,6-7,11H2,1-4H3. The number of rotatable bonds is 5. The predicted octanol–water partition coefficient (Wildman–Crippen LogP) is 4.10. The number of aliphatic hydroxyl groups is 1. The van der Waals surface area contributed by atoms with Crippen LogP contribution < -0.4 is 0 Å². The number of aromatic nitrogens is 1. The summed E-state index contributed by atoms with van der Waals surface area (Å²) in [7, 11) is 0. The van der Waals surface area contributed by atoms with E-state index in [1.54, 1.807) is 16.2 Å². The van der Waals surface area contributed by atoms with E-state index in [0.29, 0.717) is 18.8 Å². The van der Waals surface area contributed by atoms with E-state index < -0.39 is 0 Å². The van der Waals surface area contributed by atoms with Crippen molar-refractivity contribution in [2.24, 2.45) is 0 Å². The second-order valence-corrected chi connectivity index (χ2v) is 7.61. The van der Waals surface area contributed by atoms with Gasteiger partial charge < -0.3 is 15.0 Å². The third-order valence-electron chi connectivity index (χ3n) is 4.68. The normalized spacial score (nSPS) is 11.2. The second-order valence-electron chi connectivity index (χ2n) is 6.61. The highest BCUT2D eigenvalue weighted by atomic mass is 32.1. The van der Waals surface area contributed by atoms with Crippen LogP contribution in [-0.4, -0.2) is 34.0 Å². The van der Waals surface area contributed by atoms with E-state index in [2.05, 4.69) is 37.0 Å². The van der Waals surface area contributed by atoms with Gasteiger partial charge in [-0.25, -0.2) is 0 Å². The molecule has 0 fully saturated rings. The van der Waals surface area contributed by atoms with Gasteiger partial charge in [-0.15, -0.1) is 11.3 Å². The monoisotopic (exact) mass is 356 g/mol. The first kappa shape index (κ1) is 17.7. The van der Waals surface area contributed by atoms with Crippen molar-refractivity contribution >= 4 is 28.1 Å². The van der Waals surface area contributed by atoms with Gasteiger partial charge in [0.05, 0.1) is 13.2 Å². The van der Waals surface area contributed by atoms with Gasteiger partial charge in [0, 0.05) is 22.3 Å². The van der Waals surface area contributed by atoms with Crippen LogP contribution in [0.2, 0.25) is 0 Å². The summed E-state index contributed by atoms with van der Waals surface area (Å²) in [5, 5.41) is 12.5. The maximum absolute atomic E-state index is 13.1. The number of nitrogens with zero attached hydrogens (tertiary/aromatic N) is 1. The molecule has 132 valence electrons. The molecule has 5 heteroatoms. The molecule has 0 saturated heterocycles. The number of H-pyrrole nitrogens is 1. The number of aryl methyl sites for hydroxylation is 4. The van der Waals surface area contributed by atoms with Crippen LogP contribution >= 0.6 is 11.3 Å². The van der Waals surface area contributed by atoms with Gasteiger partial charge >= 0.3 is 0 Å². The highest BCUT2D eigenvalue weighted by Gasteiger charge is 2.22. The molecule has 0 radical (unpaired) electrons. The summed E-state index contributed by atoms with van der Waals surface area (Å²) in [4.78, 5) is 19.3. The molecular formula is C20H24N2O2S. The Morgan fingerprint density at radius 3 is 2.60 bits per heavy atom. The van der Waals surface area contributed by atoms with Crippen LogP contribution in [0.25, 0.3) is 10.9 Å². The molecule has 3 aromatic rings. The van der Waals surface area contributed by atoms with Crippen LogP contribution in [0, 0.1) is 27.7 Å². The lowest BCUT2D eigenvalue weighted by molar-refractivity contribution is 0.0704. The third kappa shape index (κ3) is 3.34. The first-order valence-corrected chi connectivity index (χ1v) is 9.33. The average molecular weight is 356 g/mol. The Balaban J connectivity index is 1.99. The maximum atomic E-state index is 13.1. The molecule has 3 rings (SSSR count). The molecular weight excluding hydrogens is 332 g/mol. The number of benzene rings is 1. The Hall–Kier alpha value is -2.11. The van der Waals surface area contributed by atoms with Crippen LogP contribution in [-0.2, 0) is 6.54 Å². The van der Waals surface area contributed by atoms with Gasteiger partial charge in [-0.2, -0.15) is 0 Å². The van der Waals surface area contributed by atoms with Crippen molar-refractivity contribution in [1.82, 2.24) is 9.88 Å². The molecule has 1 aromatic carbocycles. The van der Waals surface area contributed by atoms with E-state index in [-0.39, 0.29) is 12.5 Å². The highest BCUT2D eigenvalue weighted by Crippen LogP contribution is 2.27. The van der Waals surface area contributed by atoms with Crippen LogP contribution in [0.3, 0.4) is 0 Å². The minimum atomic E-state index is -0.0624. The van der Waals surface area contributed by atoms with E-state index in [9.17, 15) is 9.90 Å². The fourth-order valence-corrected chi connectivity index (χ4v) is 4.19. The second kappa shape index (κ2) is 7.02. The number of aliphatic hydroxyl groups excluding tert-OH is 1. The number of nitrogens with one attached hydrogen (secondary N) is 1. The fourth-order valence-electron chi connectivity index (χ4n) is 3.27. The molecule has 0 aliphatic carbocycles. The van der Waals surface area contributed by atoms with Crippen LogP contribution in [0.4, 0.5) is 0 Å². The van der Waals surface area contributed by atoms with Gasteiger partial charge in [0.1, 0.15) is 5.69 Å². The van der Waals surface area contributed by atoms with Gasteiger partial charge in [-0.05, 0) is 61.9 Å². The van der Waals surface area contributed by atoms with Crippen LogP contribution in [0.5, 0.6) is 0 Å². The quantitative estimate of drug-likeness (QED) is 0.723. The molecule has 2 N–H and O–H groups in total. The molecule has 2 aromatic heterocycles. The van der Waals surface area contributed by atoms with Crippen molar-refractivity contribution in [2.45, 2.75) is 34.2 Å². The summed E-state index contributed by atoms with van der Waals surface area (Å²) in [6.45, 7) is 8.95. The molecule has 4 nitrogen and oxygen atoms in total. The summed E-state index contributed by atoms with van der Waals surface area (Å²) in [5.74, 6) is -0.0624. The zero-order valence-electron chi connectivity index (χ0n) is 15.1. The molecule has 25 heavy (non-hydrogen) atoms. The van der Waals surface area contributed by atoms with Crippen molar-refractivity contribution < 1.29 is 9.90 Å². The van der Waals surface area contributed by atoms with Crippen molar-refractivity contribution in [3.8, 4) is 0 Å². The number of hydrogen-bond acceptors (Lipinski definition) is 3. The molecule has 2 heterocycles. The summed E-state index contributed by atoms with van der Waals surface area (Å²) in [6.07, 6.45) is 0.